The number of carbonyl (C=O) groups excluding carboxylic acids is 1. The van der Waals surface area contributed by atoms with Crippen LogP contribution in [0.25, 0.3) is 0 Å². The van der Waals surface area contributed by atoms with Crippen LogP contribution in [-0.4, -0.2) is 5.91 Å². The lowest BCUT2D eigenvalue weighted by atomic mass is 10.0. The smallest absolute Gasteiger partial charge is 0.278 e. The monoisotopic (exact) mass is 306 g/mol. The Kier molecular flexibility index (Phi) is 3.52. The summed E-state index contributed by atoms with van der Waals surface area (Å²) in [5.41, 5.74) is 3.49. The minimum Gasteiger partial charge on any atom is -0.278 e. The molecule has 1 unspecified atom stereocenters. The fourth-order valence-corrected chi connectivity index (χ4v) is 2.52. The van der Waals surface area contributed by atoms with E-state index in [0.717, 1.165) is 17.8 Å². The highest BCUT2D eigenvalue weighted by molar-refractivity contribution is 5.83. The van der Waals surface area contributed by atoms with Crippen LogP contribution in [0, 0.1) is 0 Å². The zero-order valence-corrected chi connectivity index (χ0v) is 11.5. The third-order valence-electron chi connectivity index (χ3n) is 3.59. The molecule has 6 heteroatoms. The van der Waals surface area contributed by atoms with E-state index in [9.17, 15) is 18.0 Å². The fraction of sp³-hybridized carbons (Fsp3) is 0.188. The van der Waals surface area contributed by atoms with Gasteiger partial charge >= 0.3 is 6.18 Å². The molecule has 0 spiro atoms. The van der Waals surface area contributed by atoms with Crippen LogP contribution in [0.15, 0.2) is 54.6 Å². The van der Waals surface area contributed by atoms with Gasteiger partial charge in [-0.25, -0.2) is 0 Å². The highest BCUT2D eigenvalue weighted by Crippen LogP contribution is 2.34. The topological polar surface area (TPSA) is 32.3 Å². The number of halogens is 3. The van der Waals surface area contributed by atoms with Crippen molar-refractivity contribution in [1.29, 1.82) is 0 Å². The van der Waals surface area contributed by atoms with Crippen LogP contribution in [-0.2, 0) is 11.0 Å². The fourth-order valence-electron chi connectivity index (χ4n) is 2.52. The van der Waals surface area contributed by atoms with E-state index < -0.39 is 11.7 Å². The van der Waals surface area contributed by atoms with E-state index >= 15 is 0 Å². The largest absolute Gasteiger partial charge is 0.416 e. The lowest BCUT2D eigenvalue weighted by Crippen LogP contribution is -2.34. The van der Waals surface area contributed by atoms with Gasteiger partial charge in [0.25, 0.3) is 0 Å². The second kappa shape index (κ2) is 5.36. The number of carbonyl (C=O) groups is 1. The Morgan fingerprint density at radius 1 is 1.00 bits per heavy atom. The average molecular weight is 306 g/mol. The molecule has 0 saturated carbocycles. The number of benzene rings is 2. The van der Waals surface area contributed by atoms with Gasteiger partial charge in [-0.2, -0.15) is 13.2 Å². The van der Waals surface area contributed by atoms with Gasteiger partial charge in [-0.3, -0.25) is 15.2 Å². The Morgan fingerprint density at radius 3 is 2.23 bits per heavy atom. The Balaban J connectivity index is 1.91. The van der Waals surface area contributed by atoms with E-state index in [2.05, 4.69) is 5.43 Å². The van der Waals surface area contributed by atoms with E-state index in [4.69, 9.17) is 0 Å². The summed E-state index contributed by atoms with van der Waals surface area (Å²) < 4.78 is 37.9. The lowest BCUT2D eigenvalue weighted by molar-refractivity contribution is -0.137. The van der Waals surface area contributed by atoms with Crippen LogP contribution >= 0.6 is 0 Å². The summed E-state index contributed by atoms with van der Waals surface area (Å²) in [7, 11) is 0. The van der Waals surface area contributed by atoms with Gasteiger partial charge < -0.3 is 0 Å². The number of hydrogen-bond donors (Lipinski definition) is 1. The minimum atomic E-state index is -4.36. The number of anilines is 1. The predicted octanol–water partition coefficient (Wildman–Crippen LogP) is 3.69. The summed E-state index contributed by atoms with van der Waals surface area (Å²) in [4.78, 5) is 11.7. The first kappa shape index (κ1) is 14.4. The number of para-hydroxylation sites is 1. The van der Waals surface area contributed by atoms with Gasteiger partial charge in [-0.15, -0.1) is 0 Å². The van der Waals surface area contributed by atoms with Crippen LogP contribution in [0.2, 0.25) is 0 Å². The molecule has 0 aliphatic carbocycles. The number of nitrogens with zero attached hydrogens (tertiary/aromatic N) is 1. The second-order valence-electron chi connectivity index (χ2n) is 5.08. The molecular weight excluding hydrogens is 293 g/mol. The maximum Gasteiger partial charge on any atom is 0.416 e. The average Bonchev–Trinajstić information content (AvgIpc) is 2.89. The lowest BCUT2D eigenvalue weighted by Gasteiger charge is -2.26. The van der Waals surface area contributed by atoms with Crippen molar-refractivity contribution in [2.24, 2.45) is 0 Å². The molecule has 1 atom stereocenters. The Labute approximate surface area is 125 Å². The quantitative estimate of drug-likeness (QED) is 0.918. The van der Waals surface area contributed by atoms with Crippen LogP contribution < -0.4 is 10.4 Å². The molecule has 1 aliphatic heterocycles. The van der Waals surface area contributed by atoms with Crippen molar-refractivity contribution in [2.45, 2.75) is 18.6 Å². The molecule has 0 radical (unpaired) electrons. The molecule has 1 saturated heterocycles. The zero-order valence-electron chi connectivity index (χ0n) is 11.5. The zero-order chi connectivity index (χ0) is 15.7. The summed E-state index contributed by atoms with van der Waals surface area (Å²) in [6.07, 6.45) is -4.15. The molecule has 22 heavy (non-hydrogen) atoms. The van der Waals surface area contributed by atoms with Crippen LogP contribution in [0.4, 0.5) is 18.9 Å². The summed E-state index contributed by atoms with van der Waals surface area (Å²) >= 11 is 0. The van der Waals surface area contributed by atoms with Crippen molar-refractivity contribution in [2.75, 3.05) is 5.01 Å². The van der Waals surface area contributed by atoms with Crippen molar-refractivity contribution in [3.05, 3.63) is 65.7 Å². The van der Waals surface area contributed by atoms with E-state index in [1.807, 2.05) is 30.3 Å². The SMILES string of the molecule is O=C1CC(c2ccc(C(F)(F)F)cc2)N(c2ccccc2)N1. The standard InChI is InChI=1S/C16H13F3N2O/c17-16(18,19)12-8-6-11(7-9-12)14-10-15(22)20-21(14)13-4-2-1-3-5-13/h1-9,14H,10H2,(H,20,22). The third kappa shape index (κ3) is 2.77. The summed E-state index contributed by atoms with van der Waals surface area (Å²) in [5.74, 6) is -0.159. The van der Waals surface area contributed by atoms with Crippen LogP contribution in [0.1, 0.15) is 23.6 Å². The minimum absolute atomic E-state index is 0.159. The number of rotatable bonds is 2. The molecule has 3 nitrogen and oxygen atoms in total. The molecule has 2 aromatic carbocycles. The van der Waals surface area contributed by atoms with Crippen molar-refractivity contribution < 1.29 is 18.0 Å². The van der Waals surface area contributed by atoms with Gasteiger partial charge in [-0.05, 0) is 29.8 Å². The molecule has 0 bridgehead atoms. The maximum absolute atomic E-state index is 12.6. The van der Waals surface area contributed by atoms with E-state index in [1.165, 1.54) is 12.1 Å². The number of amides is 1. The van der Waals surface area contributed by atoms with Crippen LogP contribution in [0.5, 0.6) is 0 Å². The molecule has 1 fully saturated rings. The first-order chi connectivity index (χ1) is 10.4. The van der Waals surface area contributed by atoms with Gasteiger partial charge in [0.05, 0.1) is 23.7 Å². The van der Waals surface area contributed by atoms with Crippen molar-refractivity contribution in [3.8, 4) is 0 Å². The molecule has 0 aromatic heterocycles. The third-order valence-corrected chi connectivity index (χ3v) is 3.59. The van der Waals surface area contributed by atoms with E-state index in [1.54, 1.807) is 5.01 Å². The summed E-state index contributed by atoms with van der Waals surface area (Å²) in [5, 5.41) is 1.69. The first-order valence-electron chi connectivity index (χ1n) is 6.76. The highest BCUT2D eigenvalue weighted by Gasteiger charge is 2.33. The highest BCUT2D eigenvalue weighted by atomic mass is 19.4. The van der Waals surface area contributed by atoms with Crippen molar-refractivity contribution in [3.63, 3.8) is 0 Å². The van der Waals surface area contributed by atoms with Gasteiger partial charge in [-0.1, -0.05) is 30.3 Å². The molecule has 1 amide bonds. The number of hydrogen-bond acceptors (Lipinski definition) is 2. The molecule has 3 rings (SSSR count). The molecule has 114 valence electrons. The van der Waals surface area contributed by atoms with Crippen LogP contribution in [0.3, 0.4) is 0 Å². The molecule has 1 heterocycles. The Bertz CT molecular complexity index is 668. The molecule has 1 N–H and O–H groups in total. The molecule has 2 aromatic rings. The summed E-state index contributed by atoms with van der Waals surface area (Å²) in [6, 6.07) is 13.8. The van der Waals surface area contributed by atoms with Gasteiger partial charge in [0.2, 0.25) is 5.91 Å². The Morgan fingerprint density at radius 2 is 1.64 bits per heavy atom. The van der Waals surface area contributed by atoms with Crippen molar-refractivity contribution in [1.82, 2.24) is 5.43 Å². The number of alkyl halides is 3. The normalized spacial score (nSPS) is 18.4. The van der Waals surface area contributed by atoms with Gasteiger partial charge in [0, 0.05) is 0 Å². The Hall–Kier alpha value is -2.50. The molecule has 1 aliphatic rings. The predicted molar refractivity (Wildman–Crippen MR) is 75.9 cm³/mol. The maximum atomic E-state index is 12.6. The van der Waals surface area contributed by atoms with Gasteiger partial charge in [0.1, 0.15) is 0 Å². The van der Waals surface area contributed by atoms with Gasteiger partial charge in [0.15, 0.2) is 0 Å². The summed E-state index contributed by atoms with van der Waals surface area (Å²) in [6.45, 7) is 0. The number of nitrogens with one attached hydrogen (secondary N) is 1. The first-order valence-corrected chi connectivity index (χ1v) is 6.76. The second-order valence-corrected chi connectivity index (χ2v) is 5.08. The van der Waals surface area contributed by atoms with E-state index in [0.29, 0.717) is 5.56 Å². The van der Waals surface area contributed by atoms with E-state index in [-0.39, 0.29) is 18.4 Å². The van der Waals surface area contributed by atoms with Crippen molar-refractivity contribution >= 4 is 11.6 Å². The molecular formula is C16H13F3N2O. The number of hydrazine groups is 1.